The van der Waals surface area contributed by atoms with E-state index in [0.29, 0.717) is 5.56 Å². The number of hydrogen-bond acceptors (Lipinski definition) is 1. The monoisotopic (exact) mass is 229 g/mol. The third-order valence-corrected chi connectivity index (χ3v) is 2.66. The summed E-state index contributed by atoms with van der Waals surface area (Å²) in [6, 6.07) is 3.70. The molecule has 1 atom stereocenters. The molecule has 0 spiro atoms. The van der Waals surface area contributed by atoms with Crippen LogP contribution in [-0.4, -0.2) is 4.98 Å². The molecule has 1 aliphatic carbocycles. The minimum atomic E-state index is -1.36. The van der Waals surface area contributed by atoms with Crippen LogP contribution in [0, 0.1) is 5.41 Å². The van der Waals surface area contributed by atoms with Crippen LogP contribution in [0.2, 0.25) is 0 Å². The quantitative estimate of drug-likeness (QED) is 0.738. The lowest BCUT2D eigenvalue weighted by Gasteiger charge is -2.19. The van der Waals surface area contributed by atoms with Gasteiger partial charge in [-0.25, -0.2) is 0 Å². The van der Waals surface area contributed by atoms with Gasteiger partial charge in [0.05, 0.1) is 0 Å². The van der Waals surface area contributed by atoms with E-state index in [4.69, 9.17) is 2.74 Å². The zero-order valence-corrected chi connectivity index (χ0v) is 10.8. The highest BCUT2D eigenvalue weighted by molar-refractivity contribution is 5.27. The maximum atomic E-state index is 8.34. The Morgan fingerprint density at radius 3 is 2.88 bits per heavy atom. The maximum absolute atomic E-state index is 8.34. The van der Waals surface area contributed by atoms with Gasteiger partial charge in [0, 0.05) is 20.6 Å². The molecule has 0 aliphatic heterocycles. The number of pyridine rings is 1. The van der Waals surface area contributed by atoms with Gasteiger partial charge in [0.1, 0.15) is 0 Å². The first-order valence-electron chi connectivity index (χ1n) is 7.12. The van der Waals surface area contributed by atoms with Crippen molar-refractivity contribution in [3.63, 3.8) is 0 Å². The van der Waals surface area contributed by atoms with E-state index in [2.05, 4.69) is 17.1 Å². The molecule has 0 saturated heterocycles. The molecule has 0 amide bonds. The van der Waals surface area contributed by atoms with Crippen LogP contribution >= 0.6 is 0 Å². The number of nitrogens with zero attached hydrogens (tertiary/aromatic N) is 1. The number of hydrogen-bond donors (Lipinski definition) is 0. The largest absolute Gasteiger partial charge is 0.261 e. The smallest absolute Gasteiger partial charge is 0.0478 e. The molecule has 0 aromatic carbocycles. The molecule has 1 aromatic heterocycles. The zero-order chi connectivity index (χ0) is 14.1. The fourth-order valence-electron chi connectivity index (χ4n) is 1.96. The lowest BCUT2D eigenvalue weighted by Crippen LogP contribution is -2.10. The first kappa shape index (κ1) is 9.64. The van der Waals surface area contributed by atoms with Crippen LogP contribution in [0.3, 0.4) is 0 Å². The van der Waals surface area contributed by atoms with E-state index in [9.17, 15) is 0 Å². The Hall–Kier alpha value is -1.37. The van der Waals surface area contributed by atoms with E-state index >= 15 is 0 Å². The second kappa shape index (κ2) is 4.87. The Bertz CT molecular complexity index is 510. The summed E-state index contributed by atoms with van der Waals surface area (Å²) >= 11 is 0. The zero-order valence-electron chi connectivity index (χ0n) is 12.8. The van der Waals surface area contributed by atoms with Crippen LogP contribution < -0.4 is 0 Å². The predicted octanol–water partition coefficient (Wildman–Crippen LogP) is 4.27. The highest BCUT2D eigenvalue weighted by atomic mass is 14.7. The first-order valence-corrected chi connectivity index (χ1v) is 6.12. The van der Waals surface area contributed by atoms with Crippen molar-refractivity contribution >= 4 is 0 Å². The summed E-state index contributed by atoms with van der Waals surface area (Å²) in [4.78, 5) is 4.41. The second-order valence-corrected chi connectivity index (χ2v) is 5.50. The van der Waals surface area contributed by atoms with Crippen molar-refractivity contribution in [3.8, 4) is 0 Å². The van der Waals surface area contributed by atoms with E-state index in [0.717, 1.165) is 12.1 Å². The van der Waals surface area contributed by atoms with Crippen molar-refractivity contribution in [2.45, 2.75) is 39.5 Å². The van der Waals surface area contributed by atoms with Crippen molar-refractivity contribution in [1.29, 1.82) is 0 Å². The van der Waals surface area contributed by atoms with Gasteiger partial charge >= 0.3 is 0 Å². The van der Waals surface area contributed by atoms with Crippen molar-refractivity contribution in [2.24, 2.45) is 5.41 Å². The van der Waals surface area contributed by atoms with Gasteiger partial charge in [-0.1, -0.05) is 45.1 Å². The summed E-state index contributed by atoms with van der Waals surface area (Å²) in [5.74, 6) is 0.265. The molecule has 0 saturated carbocycles. The van der Waals surface area contributed by atoms with Crippen molar-refractivity contribution in [1.82, 2.24) is 4.98 Å². The molecule has 1 nitrogen and oxygen atoms in total. The van der Waals surface area contributed by atoms with Gasteiger partial charge in [0.15, 0.2) is 0 Å². The summed E-state index contributed by atoms with van der Waals surface area (Å²) in [7, 11) is 0. The lowest BCUT2D eigenvalue weighted by molar-refractivity contribution is 0.411. The SMILES string of the molecule is [2H]C([2H])(c1ccnc(C2C=CC=CC2)c1)C(C)(C)C. The molecule has 1 heterocycles. The molecule has 1 unspecified atom stereocenters. The van der Waals surface area contributed by atoms with Crippen molar-refractivity contribution in [3.05, 3.63) is 53.9 Å². The summed E-state index contributed by atoms with van der Waals surface area (Å²) in [6.07, 6.45) is 9.61. The molecule has 0 fully saturated rings. The van der Waals surface area contributed by atoms with E-state index in [-0.39, 0.29) is 5.92 Å². The first-order chi connectivity index (χ1) is 8.82. The average molecular weight is 229 g/mol. The van der Waals surface area contributed by atoms with E-state index < -0.39 is 11.8 Å². The Kier molecular flexibility index (Phi) is 2.76. The molecule has 1 aromatic rings. The highest BCUT2D eigenvalue weighted by Crippen LogP contribution is 2.26. The number of allylic oxidation sites excluding steroid dienone is 4. The number of aromatic nitrogens is 1. The standard InChI is InChI=1S/C16H21N/c1-16(2,3)12-13-9-10-17-15(11-13)14-7-5-4-6-8-14/h4-7,9-11,14H,8,12H2,1-3H3/i12D2. The Balaban J connectivity index is 2.34. The van der Waals surface area contributed by atoms with E-state index in [1.807, 2.05) is 39.0 Å². The maximum Gasteiger partial charge on any atom is 0.0478 e. The molecule has 90 valence electrons. The molecule has 0 bridgehead atoms. The summed E-state index contributed by atoms with van der Waals surface area (Å²) in [5.41, 5.74) is 1.23. The summed E-state index contributed by atoms with van der Waals surface area (Å²) in [5, 5.41) is 0. The minimum Gasteiger partial charge on any atom is -0.261 e. The predicted molar refractivity (Wildman–Crippen MR) is 73.0 cm³/mol. The Labute approximate surface area is 107 Å². The molecule has 0 N–H and O–H groups in total. The third-order valence-electron chi connectivity index (χ3n) is 2.66. The molecular formula is C16H21N. The summed E-state index contributed by atoms with van der Waals surface area (Å²) in [6.45, 7) is 5.78. The lowest BCUT2D eigenvalue weighted by atomic mass is 9.87. The van der Waals surface area contributed by atoms with E-state index in [1.165, 1.54) is 0 Å². The van der Waals surface area contributed by atoms with Crippen LogP contribution in [0.4, 0.5) is 0 Å². The van der Waals surface area contributed by atoms with Crippen LogP contribution in [0.15, 0.2) is 42.6 Å². The van der Waals surface area contributed by atoms with Crippen molar-refractivity contribution < 1.29 is 2.74 Å². The van der Waals surface area contributed by atoms with Gasteiger partial charge in [-0.3, -0.25) is 4.98 Å². The molecule has 0 radical (unpaired) electrons. The van der Waals surface area contributed by atoms with Crippen LogP contribution in [0.25, 0.3) is 0 Å². The summed E-state index contributed by atoms with van der Waals surface area (Å²) < 4.78 is 16.7. The van der Waals surface area contributed by atoms with Gasteiger partial charge in [0.25, 0.3) is 0 Å². The Morgan fingerprint density at radius 1 is 1.41 bits per heavy atom. The highest BCUT2D eigenvalue weighted by Gasteiger charge is 2.14. The average Bonchev–Trinajstić information content (AvgIpc) is 2.39. The molecule has 2 rings (SSSR count). The second-order valence-electron chi connectivity index (χ2n) is 5.50. The number of rotatable bonds is 2. The van der Waals surface area contributed by atoms with Crippen molar-refractivity contribution in [2.75, 3.05) is 0 Å². The molecule has 17 heavy (non-hydrogen) atoms. The van der Waals surface area contributed by atoms with Gasteiger partial charge in [0.2, 0.25) is 0 Å². The molecule has 1 heteroatoms. The van der Waals surface area contributed by atoms with Gasteiger partial charge in [-0.2, -0.15) is 0 Å². The fourth-order valence-corrected chi connectivity index (χ4v) is 1.96. The topological polar surface area (TPSA) is 12.9 Å². The van der Waals surface area contributed by atoms with Gasteiger partial charge < -0.3 is 0 Å². The van der Waals surface area contributed by atoms with Gasteiger partial charge in [-0.15, -0.1) is 0 Å². The molecular weight excluding hydrogens is 206 g/mol. The third kappa shape index (κ3) is 3.55. The molecule has 1 aliphatic rings. The van der Waals surface area contributed by atoms with Crippen LogP contribution in [0.1, 0.15) is 47.1 Å². The van der Waals surface area contributed by atoms with Crippen LogP contribution in [-0.2, 0) is 6.37 Å². The normalized spacial score (nSPS) is 22.2. The van der Waals surface area contributed by atoms with E-state index in [1.54, 1.807) is 12.3 Å². The fraction of sp³-hybridized carbons (Fsp3) is 0.438. The Morgan fingerprint density at radius 2 is 2.24 bits per heavy atom. The van der Waals surface area contributed by atoms with Crippen LogP contribution in [0.5, 0.6) is 0 Å². The van der Waals surface area contributed by atoms with Gasteiger partial charge in [-0.05, 0) is 35.9 Å². The minimum absolute atomic E-state index is 0.265.